The molecule has 26 heavy (non-hydrogen) atoms. The minimum Gasteiger partial charge on any atom is -0.496 e. The van der Waals surface area contributed by atoms with Gasteiger partial charge in [0, 0.05) is 12.5 Å². The highest BCUT2D eigenvalue weighted by Gasteiger charge is 2.00. The smallest absolute Gasteiger partial charge is 0.339 e. The lowest BCUT2D eigenvalue weighted by atomic mass is 10.1. The molecule has 0 bridgehead atoms. The molecule has 0 radical (unpaired) electrons. The molecule has 0 N–H and O–H groups in total. The Balaban J connectivity index is 2.09. The molecule has 0 aliphatic heterocycles. The van der Waals surface area contributed by atoms with E-state index in [9.17, 15) is 4.79 Å². The van der Waals surface area contributed by atoms with E-state index >= 15 is 0 Å². The number of allylic oxidation sites excluding steroid dienone is 8. The molecule has 0 spiro atoms. The van der Waals surface area contributed by atoms with Crippen LogP contribution in [-0.4, -0.2) is 7.11 Å². The number of ether oxygens (including phenoxy) is 1. The van der Waals surface area contributed by atoms with Gasteiger partial charge < -0.3 is 9.15 Å². The second kappa shape index (κ2) is 15.0. The third-order valence-corrected chi connectivity index (χ3v) is 3.80. The third-order valence-electron chi connectivity index (χ3n) is 3.80. The Bertz CT molecular complexity index is 648. The van der Waals surface area contributed by atoms with Gasteiger partial charge in [0.2, 0.25) is 0 Å². The van der Waals surface area contributed by atoms with Crippen LogP contribution in [0.3, 0.4) is 0 Å². The SMILES string of the molecule is CCC/C=C/C=C/CCCC/C=C/C=C/CCc1cc(OC)cc(=O)o1. The zero-order valence-electron chi connectivity index (χ0n) is 16.2. The van der Waals surface area contributed by atoms with E-state index in [1.54, 1.807) is 13.2 Å². The molecular weight excluding hydrogens is 324 g/mol. The monoisotopic (exact) mass is 356 g/mol. The quantitative estimate of drug-likeness (QED) is 0.313. The summed E-state index contributed by atoms with van der Waals surface area (Å²) >= 11 is 0. The van der Waals surface area contributed by atoms with Crippen LogP contribution in [0.2, 0.25) is 0 Å². The summed E-state index contributed by atoms with van der Waals surface area (Å²) < 4.78 is 10.2. The zero-order chi connectivity index (χ0) is 18.9. The Morgan fingerprint density at radius 1 is 0.885 bits per heavy atom. The Hall–Kier alpha value is -2.29. The molecule has 0 aliphatic carbocycles. The number of hydrogen-bond donors (Lipinski definition) is 0. The first kappa shape index (κ1) is 21.8. The lowest BCUT2D eigenvalue weighted by molar-refractivity contribution is 0.392. The van der Waals surface area contributed by atoms with E-state index in [0.29, 0.717) is 17.9 Å². The lowest BCUT2D eigenvalue weighted by Gasteiger charge is -2.00. The minimum atomic E-state index is -0.366. The molecule has 0 aromatic carbocycles. The van der Waals surface area contributed by atoms with Crippen molar-refractivity contribution in [3.63, 3.8) is 0 Å². The van der Waals surface area contributed by atoms with Crippen molar-refractivity contribution in [1.29, 1.82) is 0 Å². The Morgan fingerprint density at radius 2 is 1.46 bits per heavy atom. The Kier molecular flexibility index (Phi) is 12.6. The topological polar surface area (TPSA) is 39.4 Å². The van der Waals surface area contributed by atoms with E-state index < -0.39 is 0 Å². The third kappa shape index (κ3) is 11.3. The van der Waals surface area contributed by atoms with Crippen molar-refractivity contribution >= 4 is 0 Å². The molecule has 0 atom stereocenters. The molecule has 0 saturated carbocycles. The van der Waals surface area contributed by atoms with E-state index in [4.69, 9.17) is 9.15 Å². The average molecular weight is 357 g/mol. The van der Waals surface area contributed by atoms with Crippen molar-refractivity contribution in [3.05, 3.63) is 76.9 Å². The first-order valence-corrected chi connectivity index (χ1v) is 9.57. The van der Waals surface area contributed by atoms with Crippen molar-refractivity contribution in [1.82, 2.24) is 0 Å². The fourth-order valence-electron chi connectivity index (χ4n) is 2.36. The Morgan fingerprint density at radius 3 is 2.04 bits per heavy atom. The van der Waals surface area contributed by atoms with Gasteiger partial charge >= 0.3 is 5.63 Å². The van der Waals surface area contributed by atoms with E-state index in [0.717, 1.165) is 25.7 Å². The predicted molar refractivity (Wildman–Crippen MR) is 110 cm³/mol. The molecule has 1 aromatic heterocycles. The highest BCUT2D eigenvalue weighted by molar-refractivity contribution is 5.20. The van der Waals surface area contributed by atoms with E-state index in [-0.39, 0.29) is 5.63 Å². The summed E-state index contributed by atoms with van der Waals surface area (Å²) in [7, 11) is 1.55. The van der Waals surface area contributed by atoms with E-state index in [1.165, 1.54) is 25.3 Å². The van der Waals surface area contributed by atoms with Gasteiger partial charge in [0.1, 0.15) is 11.5 Å². The summed E-state index contributed by atoms with van der Waals surface area (Å²) in [5.41, 5.74) is -0.366. The highest BCUT2D eigenvalue weighted by atomic mass is 16.5. The van der Waals surface area contributed by atoms with Crippen molar-refractivity contribution in [2.45, 2.75) is 58.3 Å². The van der Waals surface area contributed by atoms with Gasteiger partial charge in [-0.2, -0.15) is 0 Å². The van der Waals surface area contributed by atoms with Crippen LogP contribution in [0.1, 0.15) is 57.6 Å². The number of unbranched alkanes of at least 4 members (excludes halogenated alkanes) is 4. The number of hydrogen-bond acceptors (Lipinski definition) is 3. The fourth-order valence-corrected chi connectivity index (χ4v) is 2.36. The maximum absolute atomic E-state index is 11.3. The van der Waals surface area contributed by atoms with Gasteiger partial charge in [-0.05, 0) is 38.5 Å². The second-order valence-corrected chi connectivity index (χ2v) is 6.11. The van der Waals surface area contributed by atoms with Crippen LogP contribution in [-0.2, 0) is 6.42 Å². The molecule has 3 heteroatoms. The van der Waals surface area contributed by atoms with Gasteiger partial charge in [-0.3, -0.25) is 0 Å². The largest absolute Gasteiger partial charge is 0.496 e. The van der Waals surface area contributed by atoms with Crippen LogP contribution >= 0.6 is 0 Å². The summed E-state index contributed by atoms with van der Waals surface area (Å²) in [6.45, 7) is 2.19. The molecule has 0 amide bonds. The summed E-state index contributed by atoms with van der Waals surface area (Å²) in [6, 6.07) is 3.11. The van der Waals surface area contributed by atoms with Crippen LogP contribution in [0.15, 0.2) is 70.0 Å². The molecule has 142 valence electrons. The summed E-state index contributed by atoms with van der Waals surface area (Å²) in [6.07, 6.45) is 25.8. The van der Waals surface area contributed by atoms with Gasteiger partial charge in [-0.25, -0.2) is 4.79 Å². The van der Waals surface area contributed by atoms with Crippen LogP contribution in [0.5, 0.6) is 5.75 Å². The molecule has 0 aliphatic rings. The zero-order valence-corrected chi connectivity index (χ0v) is 16.2. The van der Waals surface area contributed by atoms with Crippen molar-refractivity contribution in [2.75, 3.05) is 7.11 Å². The standard InChI is InChI=1S/C23H32O3/c1-3-4-5-6-7-8-9-10-11-12-13-14-15-16-17-18-21-19-22(25-2)20-23(24)26-21/h5-8,13-16,19-20H,3-4,9-12,17-18H2,1-2H3/b6-5+,8-7+,14-13+,16-15+. The van der Waals surface area contributed by atoms with Gasteiger partial charge in [0.25, 0.3) is 0 Å². The second-order valence-electron chi connectivity index (χ2n) is 6.11. The van der Waals surface area contributed by atoms with Crippen molar-refractivity contribution in [2.24, 2.45) is 0 Å². The van der Waals surface area contributed by atoms with E-state index in [1.807, 2.05) is 0 Å². The molecule has 3 nitrogen and oxygen atoms in total. The molecule has 1 rings (SSSR count). The van der Waals surface area contributed by atoms with Crippen LogP contribution < -0.4 is 10.4 Å². The van der Waals surface area contributed by atoms with Crippen molar-refractivity contribution < 1.29 is 9.15 Å². The summed E-state index contributed by atoms with van der Waals surface area (Å²) in [4.78, 5) is 11.3. The van der Waals surface area contributed by atoms with Gasteiger partial charge in [-0.1, -0.05) is 62.0 Å². The number of methoxy groups -OCH3 is 1. The number of rotatable bonds is 13. The van der Waals surface area contributed by atoms with Crippen LogP contribution in [0, 0.1) is 0 Å². The van der Waals surface area contributed by atoms with Gasteiger partial charge in [0.05, 0.1) is 13.2 Å². The molecule has 1 aromatic rings. The molecule has 0 fully saturated rings. The first-order valence-electron chi connectivity index (χ1n) is 9.57. The average Bonchev–Trinajstić information content (AvgIpc) is 2.64. The maximum Gasteiger partial charge on any atom is 0.339 e. The van der Waals surface area contributed by atoms with E-state index in [2.05, 4.69) is 55.5 Å². The maximum atomic E-state index is 11.3. The minimum absolute atomic E-state index is 0.366. The van der Waals surface area contributed by atoms with Crippen LogP contribution in [0.25, 0.3) is 0 Å². The number of aryl methyl sites for hydroxylation is 1. The highest BCUT2D eigenvalue weighted by Crippen LogP contribution is 2.11. The lowest BCUT2D eigenvalue weighted by Crippen LogP contribution is -2.01. The summed E-state index contributed by atoms with van der Waals surface area (Å²) in [5, 5.41) is 0. The first-order chi connectivity index (χ1) is 12.8. The van der Waals surface area contributed by atoms with Crippen LogP contribution in [0.4, 0.5) is 0 Å². The Labute approximate surface area is 157 Å². The molecular formula is C23H32O3. The van der Waals surface area contributed by atoms with Crippen molar-refractivity contribution in [3.8, 4) is 5.75 Å². The van der Waals surface area contributed by atoms with Gasteiger partial charge in [0.15, 0.2) is 0 Å². The fraction of sp³-hybridized carbons (Fsp3) is 0.435. The van der Waals surface area contributed by atoms with Gasteiger partial charge in [-0.15, -0.1) is 0 Å². The predicted octanol–water partition coefficient (Wildman–Crippen LogP) is 6.17. The normalized spacial score (nSPS) is 12.2. The summed E-state index contributed by atoms with van der Waals surface area (Å²) in [5.74, 6) is 1.20. The molecule has 0 saturated heterocycles. The molecule has 0 unspecified atom stereocenters. The molecule has 1 heterocycles.